The lowest BCUT2D eigenvalue weighted by atomic mass is 10.2. The number of aromatic nitrogens is 1. The Bertz CT molecular complexity index is 566. The summed E-state index contributed by atoms with van der Waals surface area (Å²) in [4.78, 5) is 26.9. The van der Waals surface area contributed by atoms with Crippen LogP contribution in [-0.4, -0.2) is 30.1 Å². The standard InChI is InChI=1S/C11H11N3O3S2/c15-10(12-2-3-13-11(16)17)8-9(19-6-14-8)7-1-4-18-5-7/h1,4-6,13H,2-3H2,(H,12,15)(H,16,17)/p-1. The molecule has 2 N–H and O–H groups in total. The second-order valence-electron chi connectivity index (χ2n) is 3.51. The van der Waals surface area contributed by atoms with Gasteiger partial charge in [-0.05, 0) is 16.8 Å². The van der Waals surface area contributed by atoms with E-state index < -0.39 is 6.09 Å². The molecule has 0 aliphatic rings. The van der Waals surface area contributed by atoms with Crippen LogP contribution >= 0.6 is 22.7 Å². The Labute approximate surface area is 117 Å². The number of rotatable bonds is 5. The monoisotopic (exact) mass is 296 g/mol. The summed E-state index contributed by atoms with van der Waals surface area (Å²) in [5, 5.41) is 18.7. The summed E-state index contributed by atoms with van der Waals surface area (Å²) < 4.78 is 0. The van der Waals surface area contributed by atoms with Crippen molar-refractivity contribution in [3.63, 3.8) is 0 Å². The molecular formula is C11H10N3O3S2-. The van der Waals surface area contributed by atoms with Crippen molar-refractivity contribution in [1.82, 2.24) is 15.6 Å². The Morgan fingerprint density at radius 2 is 2.11 bits per heavy atom. The van der Waals surface area contributed by atoms with E-state index in [0.717, 1.165) is 10.4 Å². The molecule has 100 valence electrons. The number of amides is 2. The zero-order chi connectivity index (χ0) is 13.7. The Morgan fingerprint density at radius 3 is 2.79 bits per heavy atom. The molecule has 0 aliphatic heterocycles. The minimum Gasteiger partial charge on any atom is -0.530 e. The first-order chi connectivity index (χ1) is 9.18. The maximum Gasteiger partial charge on any atom is 0.271 e. The van der Waals surface area contributed by atoms with E-state index in [2.05, 4.69) is 15.6 Å². The molecule has 8 heteroatoms. The Hall–Kier alpha value is -1.93. The maximum absolute atomic E-state index is 11.9. The molecule has 0 fully saturated rings. The van der Waals surface area contributed by atoms with E-state index in [4.69, 9.17) is 0 Å². The van der Waals surface area contributed by atoms with E-state index in [0.29, 0.717) is 5.69 Å². The predicted molar refractivity (Wildman–Crippen MR) is 71.2 cm³/mol. The van der Waals surface area contributed by atoms with Crippen LogP contribution in [0.2, 0.25) is 0 Å². The number of nitrogens with zero attached hydrogens (tertiary/aromatic N) is 1. The second kappa shape index (κ2) is 6.30. The van der Waals surface area contributed by atoms with Gasteiger partial charge in [-0.15, -0.1) is 11.3 Å². The van der Waals surface area contributed by atoms with Gasteiger partial charge in [-0.2, -0.15) is 11.3 Å². The molecular weight excluding hydrogens is 286 g/mol. The van der Waals surface area contributed by atoms with Crippen molar-refractivity contribution in [3.8, 4) is 10.4 Å². The number of hydrogen-bond acceptors (Lipinski definition) is 6. The molecule has 0 spiro atoms. The lowest BCUT2D eigenvalue weighted by Gasteiger charge is -2.07. The maximum atomic E-state index is 11.9. The van der Waals surface area contributed by atoms with Crippen LogP contribution in [0.1, 0.15) is 10.5 Å². The Morgan fingerprint density at radius 1 is 1.32 bits per heavy atom. The highest BCUT2D eigenvalue weighted by Crippen LogP contribution is 2.29. The van der Waals surface area contributed by atoms with Gasteiger partial charge in [0.15, 0.2) is 0 Å². The summed E-state index contributed by atoms with van der Waals surface area (Å²) in [6.45, 7) is 0.291. The summed E-state index contributed by atoms with van der Waals surface area (Å²) in [7, 11) is 0. The minimum absolute atomic E-state index is 0.103. The molecule has 0 bridgehead atoms. The van der Waals surface area contributed by atoms with Crippen LogP contribution in [0.15, 0.2) is 22.3 Å². The van der Waals surface area contributed by atoms with Crippen molar-refractivity contribution < 1.29 is 14.7 Å². The molecule has 2 rings (SSSR count). The summed E-state index contributed by atoms with van der Waals surface area (Å²) in [6, 6.07) is 1.92. The molecule has 0 saturated carbocycles. The second-order valence-corrected chi connectivity index (χ2v) is 5.15. The van der Waals surface area contributed by atoms with Gasteiger partial charge in [0, 0.05) is 18.7 Å². The number of thiazole rings is 1. The fourth-order valence-corrected chi connectivity index (χ4v) is 2.94. The van der Waals surface area contributed by atoms with Gasteiger partial charge in [0.2, 0.25) is 0 Å². The molecule has 0 atom stereocenters. The van der Waals surface area contributed by atoms with Gasteiger partial charge in [0.1, 0.15) is 11.8 Å². The van der Waals surface area contributed by atoms with Crippen molar-refractivity contribution in [2.45, 2.75) is 0 Å². The van der Waals surface area contributed by atoms with Gasteiger partial charge in [0.25, 0.3) is 5.91 Å². The van der Waals surface area contributed by atoms with E-state index in [1.807, 2.05) is 16.8 Å². The van der Waals surface area contributed by atoms with Crippen LogP contribution in [-0.2, 0) is 0 Å². The number of carbonyl (C=O) groups excluding carboxylic acids is 2. The van der Waals surface area contributed by atoms with Crippen LogP contribution in [0, 0.1) is 0 Å². The van der Waals surface area contributed by atoms with E-state index in [9.17, 15) is 14.7 Å². The number of thiophene rings is 1. The van der Waals surface area contributed by atoms with Crippen LogP contribution < -0.4 is 15.7 Å². The van der Waals surface area contributed by atoms with Crippen LogP contribution in [0.4, 0.5) is 4.79 Å². The molecule has 0 saturated heterocycles. The summed E-state index contributed by atoms with van der Waals surface area (Å²) in [6.07, 6.45) is -1.36. The van der Waals surface area contributed by atoms with Crippen molar-refractivity contribution in [2.75, 3.05) is 13.1 Å². The van der Waals surface area contributed by atoms with E-state index in [1.165, 1.54) is 11.3 Å². The normalized spacial score (nSPS) is 10.1. The van der Waals surface area contributed by atoms with E-state index >= 15 is 0 Å². The number of carboxylic acid groups (broad SMARTS) is 1. The van der Waals surface area contributed by atoms with Gasteiger partial charge < -0.3 is 20.5 Å². The largest absolute Gasteiger partial charge is 0.530 e. The van der Waals surface area contributed by atoms with Crippen LogP contribution in [0.5, 0.6) is 0 Å². The molecule has 2 amide bonds. The molecule has 0 radical (unpaired) electrons. The molecule has 6 nitrogen and oxygen atoms in total. The molecule has 0 aliphatic carbocycles. The highest BCUT2D eigenvalue weighted by molar-refractivity contribution is 7.14. The van der Waals surface area contributed by atoms with Gasteiger partial charge in [0.05, 0.1) is 10.4 Å². The average Bonchev–Trinajstić information content (AvgIpc) is 3.02. The highest BCUT2D eigenvalue weighted by Gasteiger charge is 2.15. The summed E-state index contributed by atoms with van der Waals surface area (Å²) in [5.74, 6) is -0.317. The van der Waals surface area contributed by atoms with Gasteiger partial charge >= 0.3 is 0 Å². The van der Waals surface area contributed by atoms with Crippen molar-refractivity contribution in [3.05, 3.63) is 28.0 Å². The SMILES string of the molecule is O=C([O-])NCCNC(=O)c1ncsc1-c1ccsc1. The average molecular weight is 296 g/mol. The first-order valence-electron chi connectivity index (χ1n) is 5.37. The Kier molecular flexibility index (Phi) is 4.48. The van der Waals surface area contributed by atoms with Gasteiger partial charge in [-0.3, -0.25) is 4.79 Å². The van der Waals surface area contributed by atoms with Crippen LogP contribution in [0.3, 0.4) is 0 Å². The quantitative estimate of drug-likeness (QED) is 0.787. The molecule has 0 aromatic carbocycles. The first-order valence-corrected chi connectivity index (χ1v) is 7.20. The van der Waals surface area contributed by atoms with Crippen molar-refractivity contribution in [1.29, 1.82) is 0 Å². The predicted octanol–water partition coefficient (Wildman–Crippen LogP) is 0.534. The zero-order valence-electron chi connectivity index (χ0n) is 9.71. The third kappa shape index (κ3) is 3.52. The fourth-order valence-electron chi connectivity index (χ4n) is 1.43. The molecule has 19 heavy (non-hydrogen) atoms. The molecule has 0 unspecified atom stereocenters. The van der Waals surface area contributed by atoms with Crippen molar-refractivity contribution in [2.24, 2.45) is 0 Å². The molecule has 2 aromatic heterocycles. The number of carbonyl (C=O) groups is 2. The third-order valence-corrected chi connectivity index (χ3v) is 3.80. The third-order valence-electron chi connectivity index (χ3n) is 2.25. The first kappa shape index (κ1) is 13.5. The van der Waals surface area contributed by atoms with Gasteiger partial charge in [-0.25, -0.2) is 4.98 Å². The Balaban J connectivity index is 1.97. The summed E-state index contributed by atoms with van der Waals surface area (Å²) >= 11 is 2.94. The minimum atomic E-state index is -1.36. The van der Waals surface area contributed by atoms with Crippen LogP contribution in [0.25, 0.3) is 10.4 Å². The lowest BCUT2D eigenvalue weighted by molar-refractivity contribution is -0.250. The van der Waals surface area contributed by atoms with E-state index in [1.54, 1.807) is 16.8 Å². The van der Waals surface area contributed by atoms with E-state index in [-0.39, 0.29) is 19.0 Å². The number of hydrogen-bond donors (Lipinski definition) is 2. The molecule has 2 aromatic rings. The number of nitrogens with one attached hydrogen (secondary N) is 2. The molecule has 2 heterocycles. The van der Waals surface area contributed by atoms with Gasteiger partial charge in [-0.1, -0.05) is 0 Å². The summed E-state index contributed by atoms with van der Waals surface area (Å²) in [5.41, 5.74) is 2.93. The van der Waals surface area contributed by atoms with Crippen molar-refractivity contribution >= 4 is 34.7 Å². The fraction of sp³-hybridized carbons (Fsp3) is 0.182. The smallest absolute Gasteiger partial charge is 0.271 e. The highest BCUT2D eigenvalue weighted by atomic mass is 32.1. The topological polar surface area (TPSA) is 94.1 Å². The zero-order valence-corrected chi connectivity index (χ0v) is 11.3. The lowest BCUT2D eigenvalue weighted by Crippen LogP contribution is -2.41.